The summed E-state index contributed by atoms with van der Waals surface area (Å²) in [5.41, 5.74) is 6.88. The smallest absolute Gasteiger partial charge is 0.196 e. The van der Waals surface area contributed by atoms with Crippen molar-refractivity contribution in [2.24, 2.45) is 0 Å². The molecule has 0 saturated carbocycles. The summed E-state index contributed by atoms with van der Waals surface area (Å²) in [5, 5.41) is 5.03. The highest BCUT2D eigenvalue weighted by atomic mass is 32.1. The van der Waals surface area contributed by atoms with Crippen LogP contribution in [0.1, 0.15) is 5.56 Å². The molecule has 0 radical (unpaired) electrons. The molecule has 2 N–H and O–H groups in total. The topological polar surface area (TPSA) is 32.8 Å². The van der Waals surface area contributed by atoms with E-state index in [1.54, 1.807) is 0 Å². The molecule has 0 aliphatic heterocycles. The summed E-state index contributed by atoms with van der Waals surface area (Å²) in [6, 6.07) is 29.5. The molecule has 0 unspecified atom stereocenters. The minimum Gasteiger partial charge on any atom is -0.329 e. The molecular formula is C24H19N3S. The molecule has 5 aromatic rings. The Morgan fingerprint density at radius 1 is 0.786 bits per heavy atom. The normalized spacial score (nSPS) is 11.1. The first kappa shape index (κ1) is 16.8. The van der Waals surface area contributed by atoms with Gasteiger partial charge in [0.2, 0.25) is 0 Å². The SMILES string of the molecule is S=c1[nH]c(-c2ccccc2)cn1NCc1c2ccccc2cc2ccccc12. The number of hydrogen-bond donors (Lipinski definition) is 2. The maximum Gasteiger partial charge on any atom is 0.196 e. The quantitative estimate of drug-likeness (QED) is 0.284. The van der Waals surface area contributed by atoms with Gasteiger partial charge in [-0.1, -0.05) is 78.9 Å². The van der Waals surface area contributed by atoms with Gasteiger partial charge in [0.1, 0.15) is 0 Å². The van der Waals surface area contributed by atoms with E-state index in [-0.39, 0.29) is 0 Å². The summed E-state index contributed by atoms with van der Waals surface area (Å²) < 4.78 is 2.55. The first-order valence-electron chi connectivity index (χ1n) is 9.30. The molecule has 0 aliphatic rings. The van der Waals surface area contributed by atoms with Crippen molar-refractivity contribution in [3.8, 4) is 11.3 Å². The van der Waals surface area contributed by atoms with Crippen LogP contribution >= 0.6 is 12.2 Å². The first-order valence-corrected chi connectivity index (χ1v) is 9.71. The fourth-order valence-corrected chi connectivity index (χ4v) is 3.97. The van der Waals surface area contributed by atoms with E-state index in [0.717, 1.165) is 11.3 Å². The highest BCUT2D eigenvalue weighted by molar-refractivity contribution is 7.71. The van der Waals surface area contributed by atoms with Crippen molar-refractivity contribution in [1.82, 2.24) is 9.66 Å². The molecule has 0 atom stereocenters. The summed E-state index contributed by atoms with van der Waals surface area (Å²) in [5.74, 6) is 0. The Bertz CT molecular complexity index is 1280. The van der Waals surface area contributed by atoms with Crippen LogP contribution < -0.4 is 5.43 Å². The number of aromatic amines is 1. The van der Waals surface area contributed by atoms with E-state index in [9.17, 15) is 0 Å². The van der Waals surface area contributed by atoms with E-state index in [0.29, 0.717) is 11.3 Å². The second-order valence-electron chi connectivity index (χ2n) is 6.84. The van der Waals surface area contributed by atoms with Gasteiger partial charge >= 0.3 is 0 Å². The number of imidazole rings is 1. The van der Waals surface area contributed by atoms with E-state index in [1.807, 2.05) is 29.1 Å². The van der Waals surface area contributed by atoms with Crippen LogP contribution in [0.25, 0.3) is 32.8 Å². The van der Waals surface area contributed by atoms with Gasteiger partial charge in [0, 0.05) is 0 Å². The molecule has 0 bridgehead atoms. The lowest BCUT2D eigenvalue weighted by Gasteiger charge is -2.13. The molecule has 1 heterocycles. The van der Waals surface area contributed by atoms with E-state index < -0.39 is 0 Å². The van der Waals surface area contributed by atoms with E-state index in [4.69, 9.17) is 12.2 Å². The third kappa shape index (κ3) is 2.98. The number of aromatic nitrogens is 2. The lowest BCUT2D eigenvalue weighted by molar-refractivity contribution is 0.832. The van der Waals surface area contributed by atoms with Crippen LogP contribution in [0.5, 0.6) is 0 Å². The van der Waals surface area contributed by atoms with Gasteiger partial charge in [-0.25, -0.2) is 4.68 Å². The van der Waals surface area contributed by atoms with Crippen LogP contribution in [-0.2, 0) is 6.54 Å². The summed E-state index contributed by atoms with van der Waals surface area (Å²) in [4.78, 5) is 3.29. The van der Waals surface area contributed by atoms with Crippen LogP contribution in [0.15, 0.2) is 91.1 Å². The van der Waals surface area contributed by atoms with Crippen LogP contribution in [0.3, 0.4) is 0 Å². The molecule has 4 aromatic carbocycles. The van der Waals surface area contributed by atoms with Crippen LogP contribution in [0.4, 0.5) is 0 Å². The van der Waals surface area contributed by atoms with Crippen LogP contribution in [-0.4, -0.2) is 9.66 Å². The van der Waals surface area contributed by atoms with Crippen LogP contribution in [0.2, 0.25) is 0 Å². The van der Waals surface area contributed by atoms with Gasteiger partial charge in [0.15, 0.2) is 4.77 Å². The monoisotopic (exact) mass is 381 g/mol. The maximum atomic E-state index is 5.52. The number of rotatable bonds is 4. The Balaban J connectivity index is 1.54. The van der Waals surface area contributed by atoms with Crippen molar-refractivity contribution in [2.45, 2.75) is 6.54 Å². The van der Waals surface area contributed by atoms with Crippen molar-refractivity contribution >= 4 is 33.8 Å². The molecule has 4 heteroatoms. The minimum absolute atomic E-state index is 0.656. The van der Waals surface area contributed by atoms with Crippen molar-refractivity contribution in [1.29, 1.82) is 0 Å². The average Bonchev–Trinajstić information content (AvgIpc) is 3.12. The number of hydrogen-bond acceptors (Lipinski definition) is 2. The zero-order valence-corrected chi connectivity index (χ0v) is 16.0. The Labute approximate surface area is 168 Å². The summed E-state index contributed by atoms with van der Waals surface area (Å²) >= 11 is 5.52. The second-order valence-corrected chi connectivity index (χ2v) is 7.23. The number of nitrogens with one attached hydrogen (secondary N) is 2. The molecule has 0 aliphatic carbocycles. The molecule has 3 nitrogen and oxygen atoms in total. The molecule has 0 amide bonds. The second kappa shape index (κ2) is 6.98. The van der Waals surface area contributed by atoms with Crippen molar-refractivity contribution in [3.05, 3.63) is 101 Å². The summed E-state index contributed by atoms with van der Waals surface area (Å²) in [6.07, 6.45) is 2.02. The first-order chi connectivity index (χ1) is 13.8. The van der Waals surface area contributed by atoms with Gasteiger partial charge in [0.05, 0.1) is 18.4 Å². The number of fused-ring (bicyclic) bond motifs is 2. The van der Waals surface area contributed by atoms with Gasteiger partial charge in [-0.15, -0.1) is 0 Å². The lowest BCUT2D eigenvalue weighted by atomic mass is 9.97. The lowest BCUT2D eigenvalue weighted by Crippen LogP contribution is -2.13. The zero-order chi connectivity index (χ0) is 18.9. The average molecular weight is 382 g/mol. The van der Waals surface area contributed by atoms with Gasteiger partial charge in [-0.3, -0.25) is 0 Å². The summed E-state index contributed by atoms with van der Waals surface area (Å²) in [7, 11) is 0. The highest BCUT2D eigenvalue weighted by Crippen LogP contribution is 2.28. The molecule has 5 rings (SSSR count). The number of benzene rings is 4. The molecule has 136 valence electrons. The zero-order valence-electron chi connectivity index (χ0n) is 15.2. The predicted octanol–water partition coefficient (Wildman–Crippen LogP) is 6.26. The van der Waals surface area contributed by atoms with E-state index in [1.165, 1.54) is 27.1 Å². The fourth-order valence-electron chi connectivity index (χ4n) is 3.74. The third-order valence-corrected chi connectivity index (χ3v) is 5.41. The predicted molar refractivity (Wildman–Crippen MR) is 120 cm³/mol. The Kier molecular flexibility index (Phi) is 4.18. The largest absolute Gasteiger partial charge is 0.329 e. The number of nitrogens with zero attached hydrogens (tertiary/aromatic N) is 1. The van der Waals surface area contributed by atoms with Crippen molar-refractivity contribution in [2.75, 3.05) is 5.43 Å². The molecule has 28 heavy (non-hydrogen) atoms. The molecule has 1 aromatic heterocycles. The summed E-state index contributed by atoms with van der Waals surface area (Å²) in [6.45, 7) is 0.683. The van der Waals surface area contributed by atoms with E-state index in [2.05, 4.69) is 77.1 Å². The Morgan fingerprint density at radius 2 is 1.39 bits per heavy atom. The van der Waals surface area contributed by atoms with Gasteiger partial charge < -0.3 is 10.4 Å². The van der Waals surface area contributed by atoms with Gasteiger partial charge in [-0.05, 0) is 51.0 Å². The van der Waals surface area contributed by atoms with Crippen molar-refractivity contribution in [3.63, 3.8) is 0 Å². The molecule has 0 saturated heterocycles. The van der Waals surface area contributed by atoms with Gasteiger partial charge in [-0.2, -0.15) is 0 Å². The minimum atomic E-state index is 0.656. The van der Waals surface area contributed by atoms with Crippen LogP contribution in [0, 0.1) is 4.77 Å². The van der Waals surface area contributed by atoms with Crippen molar-refractivity contribution < 1.29 is 0 Å². The Hall–Kier alpha value is -3.37. The molecule has 0 spiro atoms. The molecular weight excluding hydrogens is 362 g/mol. The fraction of sp³-hybridized carbons (Fsp3) is 0.0417. The maximum absolute atomic E-state index is 5.52. The Morgan fingerprint density at radius 3 is 2.07 bits per heavy atom. The van der Waals surface area contributed by atoms with E-state index >= 15 is 0 Å². The highest BCUT2D eigenvalue weighted by Gasteiger charge is 2.08. The molecule has 0 fully saturated rings. The standard InChI is InChI=1S/C24H19N3S/c28-24-26-23(17-8-2-1-3-9-17)16-27(24)25-15-22-20-12-6-4-10-18(20)14-19-11-5-7-13-21(19)22/h1-14,16,25H,15H2,(H,26,28). The number of H-pyrrole nitrogens is 1. The third-order valence-electron chi connectivity index (χ3n) is 5.11. The van der Waals surface area contributed by atoms with Gasteiger partial charge in [0.25, 0.3) is 0 Å².